The predicted octanol–water partition coefficient (Wildman–Crippen LogP) is 2.96. The number of methoxy groups -OCH3 is 1. The Morgan fingerprint density at radius 2 is 2.33 bits per heavy atom. The molecule has 0 aliphatic carbocycles. The van der Waals surface area contributed by atoms with Gasteiger partial charge in [-0.2, -0.15) is 0 Å². The molecule has 0 saturated carbocycles. The van der Waals surface area contributed by atoms with E-state index in [1.807, 2.05) is 18.2 Å². The fourth-order valence-corrected chi connectivity index (χ4v) is 2.74. The maximum atomic E-state index is 6.08. The lowest BCUT2D eigenvalue weighted by molar-refractivity contribution is 0.000188. The van der Waals surface area contributed by atoms with Crippen molar-refractivity contribution in [1.82, 2.24) is 0 Å². The van der Waals surface area contributed by atoms with Crippen molar-refractivity contribution in [2.45, 2.75) is 31.3 Å². The number of nitrogens with two attached hydrogens (primary N) is 1. The summed E-state index contributed by atoms with van der Waals surface area (Å²) in [6.45, 7) is 1.37. The molecule has 0 aromatic heterocycles. The van der Waals surface area contributed by atoms with Crippen LogP contribution in [0.1, 0.15) is 30.7 Å². The highest BCUT2D eigenvalue weighted by molar-refractivity contribution is 6.30. The molecule has 4 heteroatoms. The lowest BCUT2D eigenvalue weighted by Crippen LogP contribution is -2.31. The fourth-order valence-electron chi connectivity index (χ4n) is 2.56. The van der Waals surface area contributed by atoms with Gasteiger partial charge < -0.3 is 15.2 Å². The largest absolute Gasteiger partial charge is 0.496 e. The van der Waals surface area contributed by atoms with E-state index in [1.54, 1.807) is 7.11 Å². The van der Waals surface area contributed by atoms with Crippen molar-refractivity contribution in [1.29, 1.82) is 0 Å². The summed E-state index contributed by atoms with van der Waals surface area (Å²) in [7, 11) is 1.67. The Kier molecular flexibility index (Phi) is 4.87. The van der Waals surface area contributed by atoms with Crippen LogP contribution in [0.15, 0.2) is 18.2 Å². The lowest BCUT2D eigenvalue weighted by atomic mass is 9.88. The summed E-state index contributed by atoms with van der Waals surface area (Å²) in [6.07, 6.45) is 3.57. The normalized spacial score (nSPS) is 21.6. The van der Waals surface area contributed by atoms with Gasteiger partial charge in [0.1, 0.15) is 5.75 Å². The monoisotopic (exact) mass is 269 g/mol. The molecule has 1 aliphatic heterocycles. The summed E-state index contributed by atoms with van der Waals surface area (Å²) in [5, 5.41) is 0.708. The van der Waals surface area contributed by atoms with Gasteiger partial charge in [-0.3, -0.25) is 0 Å². The lowest BCUT2D eigenvalue weighted by Gasteiger charge is -2.30. The number of rotatable bonds is 4. The molecule has 100 valence electrons. The third-order valence-corrected chi connectivity index (χ3v) is 3.74. The molecular weight excluding hydrogens is 250 g/mol. The molecule has 1 saturated heterocycles. The molecule has 0 radical (unpaired) electrons. The van der Waals surface area contributed by atoms with E-state index in [0.717, 1.165) is 30.8 Å². The smallest absolute Gasteiger partial charge is 0.122 e. The maximum Gasteiger partial charge on any atom is 0.122 e. The van der Waals surface area contributed by atoms with Gasteiger partial charge in [-0.05, 0) is 37.5 Å². The highest BCUT2D eigenvalue weighted by Crippen LogP contribution is 2.34. The van der Waals surface area contributed by atoms with E-state index in [1.165, 1.54) is 6.42 Å². The van der Waals surface area contributed by atoms with E-state index < -0.39 is 0 Å². The number of ether oxygens (including phenoxy) is 2. The average Bonchev–Trinajstić information content (AvgIpc) is 2.41. The van der Waals surface area contributed by atoms with Crippen LogP contribution < -0.4 is 10.5 Å². The van der Waals surface area contributed by atoms with Crippen molar-refractivity contribution in [3.8, 4) is 5.75 Å². The number of halogens is 1. The highest BCUT2D eigenvalue weighted by Gasteiger charge is 2.27. The Morgan fingerprint density at radius 3 is 2.94 bits per heavy atom. The van der Waals surface area contributed by atoms with Crippen LogP contribution in [0.25, 0.3) is 0 Å². The standard InChI is InChI=1S/C14H20ClNO2/c1-17-13-6-5-10(15)8-11(13)12(9-16)14-4-2-3-7-18-14/h5-6,8,12,14H,2-4,7,9,16H2,1H3. The molecule has 1 aromatic rings. The molecular formula is C14H20ClNO2. The summed E-state index contributed by atoms with van der Waals surface area (Å²) in [6, 6.07) is 5.66. The van der Waals surface area contributed by atoms with Crippen LogP contribution >= 0.6 is 11.6 Å². The van der Waals surface area contributed by atoms with Gasteiger partial charge in [0.15, 0.2) is 0 Å². The van der Waals surface area contributed by atoms with Crippen LogP contribution in [0.2, 0.25) is 5.02 Å². The average molecular weight is 270 g/mol. The first-order chi connectivity index (χ1) is 8.76. The predicted molar refractivity (Wildman–Crippen MR) is 73.4 cm³/mol. The number of hydrogen-bond acceptors (Lipinski definition) is 3. The van der Waals surface area contributed by atoms with Crippen LogP contribution in [-0.2, 0) is 4.74 Å². The quantitative estimate of drug-likeness (QED) is 0.914. The molecule has 1 heterocycles. The summed E-state index contributed by atoms with van der Waals surface area (Å²) in [5.74, 6) is 0.989. The van der Waals surface area contributed by atoms with Gasteiger partial charge in [-0.1, -0.05) is 11.6 Å². The van der Waals surface area contributed by atoms with Crippen LogP contribution in [0.5, 0.6) is 5.75 Å². The first-order valence-corrected chi connectivity index (χ1v) is 6.79. The van der Waals surface area contributed by atoms with Gasteiger partial charge in [0.25, 0.3) is 0 Å². The molecule has 2 N–H and O–H groups in total. The van der Waals surface area contributed by atoms with Gasteiger partial charge in [-0.15, -0.1) is 0 Å². The molecule has 18 heavy (non-hydrogen) atoms. The minimum atomic E-state index is 0.152. The molecule has 2 unspecified atom stereocenters. The maximum absolute atomic E-state index is 6.08. The Morgan fingerprint density at radius 1 is 1.50 bits per heavy atom. The topological polar surface area (TPSA) is 44.5 Å². The second-order valence-electron chi connectivity index (χ2n) is 4.63. The SMILES string of the molecule is COc1ccc(Cl)cc1C(CN)C1CCCCO1. The van der Waals surface area contributed by atoms with Crippen LogP contribution in [0, 0.1) is 0 Å². The van der Waals surface area contributed by atoms with E-state index in [-0.39, 0.29) is 12.0 Å². The van der Waals surface area contributed by atoms with Gasteiger partial charge in [0, 0.05) is 29.7 Å². The second-order valence-corrected chi connectivity index (χ2v) is 5.07. The van der Waals surface area contributed by atoms with Gasteiger partial charge in [0.05, 0.1) is 13.2 Å². The van der Waals surface area contributed by atoms with E-state index in [4.69, 9.17) is 26.8 Å². The molecule has 0 spiro atoms. The molecule has 1 fully saturated rings. The van der Waals surface area contributed by atoms with Crippen LogP contribution in [0.3, 0.4) is 0 Å². The Hall–Kier alpha value is -0.770. The number of benzene rings is 1. The highest BCUT2D eigenvalue weighted by atomic mass is 35.5. The first-order valence-electron chi connectivity index (χ1n) is 6.41. The van der Waals surface area contributed by atoms with E-state index >= 15 is 0 Å². The summed E-state index contributed by atoms with van der Waals surface area (Å²) >= 11 is 6.08. The molecule has 1 aromatic carbocycles. The van der Waals surface area contributed by atoms with Crippen LogP contribution in [0.4, 0.5) is 0 Å². The van der Waals surface area contributed by atoms with Gasteiger partial charge >= 0.3 is 0 Å². The number of hydrogen-bond donors (Lipinski definition) is 1. The van der Waals surface area contributed by atoms with Gasteiger partial charge in [-0.25, -0.2) is 0 Å². The Balaban J connectivity index is 2.27. The summed E-state index contributed by atoms with van der Waals surface area (Å²) in [5.41, 5.74) is 6.99. The van der Waals surface area contributed by atoms with Crippen molar-refractivity contribution in [3.05, 3.63) is 28.8 Å². The zero-order valence-electron chi connectivity index (χ0n) is 10.7. The van der Waals surface area contributed by atoms with Crippen molar-refractivity contribution in [2.75, 3.05) is 20.3 Å². The molecule has 0 bridgehead atoms. The van der Waals surface area contributed by atoms with Crippen molar-refractivity contribution < 1.29 is 9.47 Å². The fraction of sp³-hybridized carbons (Fsp3) is 0.571. The zero-order valence-corrected chi connectivity index (χ0v) is 11.5. The Bertz CT molecular complexity index is 391. The minimum absolute atomic E-state index is 0.152. The minimum Gasteiger partial charge on any atom is -0.496 e. The van der Waals surface area contributed by atoms with Crippen molar-refractivity contribution in [2.24, 2.45) is 5.73 Å². The van der Waals surface area contributed by atoms with E-state index in [2.05, 4.69) is 0 Å². The first kappa shape index (κ1) is 13.7. The van der Waals surface area contributed by atoms with Crippen molar-refractivity contribution in [3.63, 3.8) is 0 Å². The van der Waals surface area contributed by atoms with Gasteiger partial charge in [0.2, 0.25) is 0 Å². The molecule has 1 aliphatic rings. The molecule has 3 nitrogen and oxygen atoms in total. The molecule has 0 amide bonds. The zero-order chi connectivity index (χ0) is 13.0. The Labute approximate surface area is 113 Å². The van der Waals surface area contributed by atoms with E-state index in [9.17, 15) is 0 Å². The van der Waals surface area contributed by atoms with Crippen molar-refractivity contribution >= 4 is 11.6 Å². The van der Waals surface area contributed by atoms with E-state index in [0.29, 0.717) is 11.6 Å². The molecule has 2 rings (SSSR count). The summed E-state index contributed by atoms with van der Waals surface area (Å²) < 4.78 is 11.3. The van der Waals surface area contributed by atoms with Crippen LogP contribution in [-0.4, -0.2) is 26.4 Å². The summed E-state index contributed by atoms with van der Waals surface area (Å²) in [4.78, 5) is 0. The third-order valence-electron chi connectivity index (χ3n) is 3.51. The second kappa shape index (κ2) is 6.41. The molecule has 2 atom stereocenters. The third kappa shape index (κ3) is 2.97.